The van der Waals surface area contributed by atoms with Crippen molar-refractivity contribution in [3.8, 4) is 16.8 Å². The maximum atomic E-state index is 13.0. The molecule has 2 aromatic heterocycles. The fourth-order valence-corrected chi connectivity index (χ4v) is 4.18. The summed E-state index contributed by atoms with van der Waals surface area (Å²) in [5.41, 5.74) is 4.98. The van der Waals surface area contributed by atoms with Crippen LogP contribution in [0.2, 0.25) is 0 Å². The Morgan fingerprint density at radius 1 is 1.13 bits per heavy atom. The number of halogens is 3. The molecule has 0 fully saturated rings. The zero-order valence-corrected chi connectivity index (χ0v) is 21.0. The Balaban J connectivity index is 0.000000279. The third-order valence-corrected chi connectivity index (χ3v) is 6.63. The predicted molar refractivity (Wildman–Crippen MR) is 134 cm³/mol. The Labute approximate surface area is 215 Å². The number of hydrogen-bond acceptors (Lipinski definition) is 6. The van der Waals surface area contributed by atoms with Crippen molar-refractivity contribution >= 4 is 15.8 Å². The van der Waals surface area contributed by atoms with Crippen molar-refractivity contribution < 1.29 is 31.5 Å². The predicted octanol–water partition coefficient (Wildman–Crippen LogP) is 3.80. The lowest BCUT2D eigenvalue weighted by molar-refractivity contribution is -0.137. The van der Waals surface area contributed by atoms with Crippen LogP contribution in [0.25, 0.3) is 16.8 Å². The van der Waals surface area contributed by atoms with Crippen molar-refractivity contribution in [1.82, 2.24) is 14.8 Å². The standard InChI is InChI=1S/C17H12F3N3O3.C8H11NO2S/c1-9-13(10-7-21-22-8-10)6-14(16(25)26)15(24)23(9)12-4-2-3-11(5-12)17(18,19)20;1-12(10,11)8-4-2-7(6-9)3-5-8/h2-8H,1H3,(H,21,22)(H,25,26);2-5H,6,9H2,1H3. The van der Waals surface area contributed by atoms with E-state index in [1.165, 1.54) is 37.7 Å². The van der Waals surface area contributed by atoms with Crippen molar-refractivity contribution in [3.05, 3.63) is 99.7 Å². The first-order chi connectivity index (χ1) is 17.7. The molecule has 0 aliphatic carbocycles. The molecule has 0 aliphatic rings. The summed E-state index contributed by atoms with van der Waals surface area (Å²) in [6, 6.07) is 11.9. The molecule has 13 heteroatoms. The molecule has 4 N–H and O–H groups in total. The largest absolute Gasteiger partial charge is 0.477 e. The first kappa shape index (κ1) is 28.3. The summed E-state index contributed by atoms with van der Waals surface area (Å²) in [5.74, 6) is -1.47. The van der Waals surface area contributed by atoms with Gasteiger partial charge in [0.2, 0.25) is 0 Å². The summed E-state index contributed by atoms with van der Waals surface area (Å²) < 4.78 is 62.0. The maximum Gasteiger partial charge on any atom is 0.416 e. The Hall–Kier alpha value is -4.23. The third-order valence-electron chi connectivity index (χ3n) is 5.51. The van der Waals surface area contributed by atoms with E-state index in [-0.39, 0.29) is 5.69 Å². The summed E-state index contributed by atoms with van der Waals surface area (Å²) in [7, 11) is -3.07. The van der Waals surface area contributed by atoms with Gasteiger partial charge in [0.25, 0.3) is 5.56 Å². The van der Waals surface area contributed by atoms with Crippen LogP contribution in [0.4, 0.5) is 13.2 Å². The molecule has 0 spiro atoms. The molecule has 0 saturated heterocycles. The number of aromatic nitrogens is 3. The van der Waals surface area contributed by atoms with Crippen LogP contribution in [-0.4, -0.2) is 40.5 Å². The summed E-state index contributed by atoms with van der Waals surface area (Å²) in [6.07, 6.45) is -0.487. The van der Waals surface area contributed by atoms with E-state index in [4.69, 9.17) is 5.73 Å². The van der Waals surface area contributed by atoms with Crippen molar-refractivity contribution in [1.29, 1.82) is 0 Å². The van der Waals surface area contributed by atoms with Crippen LogP contribution < -0.4 is 11.3 Å². The van der Waals surface area contributed by atoms with Gasteiger partial charge in [0.05, 0.1) is 16.7 Å². The lowest BCUT2D eigenvalue weighted by Gasteiger charge is -2.16. The number of nitrogens with two attached hydrogens (primary N) is 1. The molecule has 0 radical (unpaired) electrons. The fourth-order valence-electron chi connectivity index (χ4n) is 3.55. The minimum atomic E-state index is -4.59. The van der Waals surface area contributed by atoms with E-state index in [1.54, 1.807) is 24.3 Å². The topological polar surface area (TPSA) is 148 Å². The van der Waals surface area contributed by atoms with Crippen LogP contribution in [-0.2, 0) is 22.6 Å². The number of nitrogens with zero attached hydrogens (tertiary/aromatic N) is 2. The molecule has 0 bridgehead atoms. The molecule has 200 valence electrons. The van der Waals surface area contributed by atoms with Gasteiger partial charge < -0.3 is 10.8 Å². The number of rotatable bonds is 5. The minimum Gasteiger partial charge on any atom is -0.477 e. The molecule has 0 saturated carbocycles. The van der Waals surface area contributed by atoms with E-state index in [2.05, 4.69) is 10.2 Å². The normalized spacial score (nSPS) is 11.5. The highest BCUT2D eigenvalue weighted by Crippen LogP contribution is 2.31. The number of alkyl halides is 3. The second-order valence-electron chi connectivity index (χ2n) is 8.16. The number of pyridine rings is 1. The number of carbonyl (C=O) groups is 1. The molecule has 0 amide bonds. The minimum absolute atomic E-state index is 0.0739. The second-order valence-corrected chi connectivity index (χ2v) is 10.2. The van der Waals surface area contributed by atoms with Gasteiger partial charge in [-0.25, -0.2) is 13.2 Å². The fraction of sp³-hybridized carbons (Fsp3) is 0.160. The molecule has 9 nitrogen and oxygen atoms in total. The van der Waals surface area contributed by atoms with E-state index >= 15 is 0 Å². The number of benzene rings is 2. The van der Waals surface area contributed by atoms with Gasteiger partial charge in [-0.2, -0.15) is 18.3 Å². The number of carboxylic acids is 1. The quantitative estimate of drug-likeness (QED) is 0.344. The van der Waals surface area contributed by atoms with Gasteiger partial charge in [0, 0.05) is 41.5 Å². The van der Waals surface area contributed by atoms with E-state index in [9.17, 15) is 36.3 Å². The molecule has 0 aliphatic heterocycles. The first-order valence-electron chi connectivity index (χ1n) is 10.9. The molecule has 2 heterocycles. The maximum absolute atomic E-state index is 13.0. The van der Waals surface area contributed by atoms with Crippen LogP contribution in [0.1, 0.15) is 27.2 Å². The van der Waals surface area contributed by atoms with Gasteiger partial charge in [-0.15, -0.1) is 0 Å². The molecule has 0 unspecified atom stereocenters. The summed E-state index contributed by atoms with van der Waals surface area (Å²) in [4.78, 5) is 24.4. The average Bonchev–Trinajstić information content (AvgIpc) is 3.38. The van der Waals surface area contributed by atoms with Crippen LogP contribution in [0.3, 0.4) is 0 Å². The number of hydrogen-bond donors (Lipinski definition) is 3. The van der Waals surface area contributed by atoms with E-state index in [1.807, 2.05) is 0 Å². The first-order valence-corrected chi connectivity index (χ1v) is 12.8. The SMILES string of the molecule is CS(=O)(=O)c1ccc(CN)cc1.Cc1c(-c2cn[nH]c2)cc(C(=O)O)c(=O)n1-c1cccc(C(F)(F)F)c1. The van der Waals surface area contributed by atoms with Crippen LogP contribution in [0.15, 0.2) is 76.7 Å². The van der Waals surface area contributed by atoms with Gasteiger partial charge in [0.1, 0.15) is 5.56 Å². The molecular formula is C25H23F3N4O5S. The number of H-pyrrole nitrogens is 1. The second kappa shape index (κ2) is 11.0. The molecule has 0 atom stereocenters. The van der Waals surface area contributed by atoms with E-state index in [0.717, 1.165) is 28.3 Å². The highest BCUT2D eigenvalue weighted by molar-refractivity contribution is 7.90. The van der Waals surface area contributed by atoms with Gasteiger partial charge in [-0.1, -0.05) is 18.2 Å². The Morgan fingerprint density at radius 3 is 2.29 bits per heavy atom. The summed E-state index contributed by atoms with van der Waals surface area (Å²) in [5, 5.41) is 15.7. The van der Waals surface area contributed by atoms with Crippen molar-refractivity contribution in [3.63, 3.8) is 0 Å². The highest BCUT2D eigenvalue weighted by Gasteiger charge is 2.31. The average molecular weight is 549 g/mol. The molecule has 2 aromatic carbocycles. The Bertz CT molecular complexity index is 1610. The monoisotopic (exact) mass is 548 g/mol. The third kappa shape index (κ3) is 6.36. The van der Waals surface area contributed by atoms with Crippen LogP contribution in [0, 0.1) is 6.92 Å². The smallest absolute Gasteiger partial charge is 0.416 e. The summed E-state index contributed by atoms with van der Waals surface area (Å²) >= 11 is 0. The van der Waals surface area contributed by atoms with Crippen molar-refractivity contribution in [2.75, 3.05) is 6.26 Å². The molecular weight excluding hydrogens is 525 g/mol. The van der Waals surface area contributed by atoms with Crippen LogP contribution >= 0.6 is 0 Å². The van der Waals surface area contributed by atoms with Crippen molar-refractivity contribution in [2.24, 2.45) is 5.73 Å². The van der Waals surface area contributed by atoms with E-state index in [0.29, 0.717) is 28.3 Å². The molecule has 4 aromatic rings. The zero-order valence-electron chi connectivity index (χ0n) is 20.2. The summed E-state index contributed by atoms with van der Waals surface area (Å²) in [6.45, 7) is 1.96. The van der Waals surface area contributed by atoms with Crippen molar-refractivity contribution in [2.45, 2.75) is 24.5 Å². The number of sulfone groups is 1. The van der Waals surface area contributed by atoms with Gasteiger partial charge in [-0.05, 0) is 48.9 Å². The zero-order chi connectivity index (χ0) is 28.3. The van der Waals surface area contributed by atoms with Gasteiger partial charge >= 0.3 is 12.1 Å². The lowest BCUT2D eigenvalue weighted by atomic mass is 10.0. The number of carboxylic acid groups (broad SMARTS) is 1. The molecule has 38 heavy (non-hydrogen) atoms. The Kier molecular flexibility index (Phi) is 8.22. The van der Waals surface area contributed by atoms with Crippen LogP contribution in [0.5, 0.6) is 0 Å². The lowest BCUT2D eigenvalue weighted by Crippen LogP contribution is -2.27. The Morgan fingerprint density at radius 2 is 1.79 bits per heavy atom. The van der Waals surface area contributed by atoms with Gasteiger partial charge in [-0.3, -0.25) is 14.5 Å². The highest BCUT2D eigenvalue weighted by atomic mass is 32.2. The molecule has 4 rings (SSSR count). The number of aromatic carboxylic acids is 1. The number of nitrogens with one attached hydrogen (secondary N) is 1. The number of aromatic amines is 1. The van der Waals surface area contributed by atoms with E-state index < -0.39 is 38.7 Å². The van der Waals surface area contributed by atoms with Gasteiger partial charge in [0.15, 0.2) is 9.84 Å².